The molecule has 0 aromatic heterocycles. The molecule has 4 aliphatic heterocycles. The van der Waals surface area contributed by atoms with Crippen molar-refractivity contribution in [3.63, 3.8) is 0 Å². The number of nitrogens with one attached hydrogen (secondary N) is 2. The van der Waals surface area contributed by atoms with Crippen LogP contribution < -0.4 is 10.6 Å². The van der Waals surface area contributed by atoms with E-state index >= 15 is 0 Å². The zero-order chi connectivity index (χ0) is 25.1. The molecule has 4 rings (SSSR count). The van der Waals surface area contributed by atoms with Crippen molar-refractivity contribution >= 4 is 17.7 Å². The van der Waals surface area contributed by atoms with Crippen molar-refractivity contribution < 1.29 is 34.7 Å². The SMILES string of the molecule is CC(C)C[C@@H]1CCO[C@@H]2[C@H](CN[C@@H]2C(=O)N[C@@H]2CC=CC[C@@H](CO)S[C@H]3O[C@H]2[C@H](O)[C@H](O)[C@H]3O)C1. The van der Waals surface area contributed by atoms with Gasteiger partial charge in [0.1, 0.15) is 35.9 Å². The normalized spacial score (nSPS) is 44.5. The van der Waals surface area contributed by atoms with Crippen molar-refractivity contribution in [2.75, 3.05) is 19.8 Å². The van der Waals surface area contributed by atoms with Crippen LogP contribution in [0.3, 0.4) is 0 Å². The third-order valence-electron chi connectivity index (χ3n) is 7.77. The number of allylic oxidation sites excluding steroid dienone is 1. The molecule has 2 bridgehead atoms. The Morgan fingerprint density at radius 3 is 2.66 bits per heavy atom. The Morgan fingerprint density at radius 1 is 1.14 bits per heavy atom. The monoisotopic (exact) mass is 514 g/mol. The summed E-state index contributed by atoms with van der Waals surface area (Å²) in [4.78, 5) is 13.4. The number of amides is 1. The number of aliphatic hydroxyl groups excluding tert-OH is 4. The Balaban J connectivity index is 1.46. The Kier molecular flexibility index (Phi) is 9.53. The highest BCUT2D eigenvalue weighted by Gasteiger charge is 2.49. The van der Waals surface area contributed by atoms with E-state index in [-0.39, 0.29) is 29.8 Å². The summed E-state index contributed by atoms with van der Waals surface area (Å²) in [6, 6.07) is -1.08. The highest BCUT2D eigenvalue weighted by Crippen LogP contribution is 2.36. The van der Waals surface area contributed by atoms with Crippen molar-refractivity contribution in [3.05, 3.63) is 12.2 Å². The van der Waals surface area contributed by atoms with Gasteiger partial charge in [-0.05, 0) is 49.9 Å². The lowest BCUT2D eigenvalue weighted by Gasteiger charge is -2.44. The number of rotatable bonds is 5. The minimum Gasteiger partial charge on any atom is -0.395 e. The maximum atomic E-state index is 13.4. The van der Waals surface area contributed by atoms with E-state index in [1.807, 2.05) is 12.2 Å². The lowest BCUT2D eigenvalue weighted by Crippen LogP contribution is -2.64. The van der Waals surface area contributed by atoms with Gasteiger partial charge in [-0.1, -0.05) is 26.0 Å². The molecule has 1 amide bonds. The van der Waals surface area contributed by atoms with Gasteiger partial charge in [-0.3, -0.25) is 4.79 Å². The molecule has 0 radical (unpaired) electrons. The quantitative estimate of drug-likeness (QED) is 0.283. The van der Waals surface area contributed by atoms with Crippen molar-refractivity contribution in [1.82, 2.24) is 10.6 Å². The Morgan fingerprint density at radius 2 is 1.91 bits per heavy atom. The number of hydrogen-bond donors (Lipinski definition) is 6. The number of carbonyl (C=O) groups is 1. The second-order valence-corrected chi connectivity index (χ2v) is 12.3. The maximum absolute atomic E-state index is 13.4. The maximum Gasteiger partial charge on any atom is 0.240 e. The standard InChI is InChI=1S/C25H42N2O7S/c1-13(2)9-14-7-8-33-22-15(10-14)11-26-18(22)24(32)27-17-6-4-3-5-16(12-28)35-25-21(31)19(29)20(30)23(17)34-25/h3-4,13-23,25-26,28-31H,5-12H2,1-2H3,(H,27,32)/t14-,15-,16-,17+,18-,19-,20+,21+,22+,23+,25+/m0/s1. The fourth-order valence-corrected chi connectivity index (χ4v) is 7.19. The van der Waals surface area contributed by atoms with Crippen LogP contribution in [0.25, 0.3) is 0 Å². The van der Waals surface area contributed by atoms with Crippen LogP contribution in [0.15, 0.2) is 12.2 Å². The van der Waals surface area contributed by atoms with Crippen LogP contribution >= 0.6 is 11.8 Å². The molecule has 4 heterocycles. The number of aliphatic hydroxyl groups is 4. The molecule has 3 saturated heterocycles. The fourth-order valence-electron chi connectivity index (χ4n) is 5.99. The summed E-state index contributed by atoms with van der Waals surface area (Å²) >= 11 is 1.24. The largest absolute Gasteiger partial charge is 0.395 e. The second-order valence-electron chi connectivity index (χ2n) is 10.9. The van der Waals surface area contributed by atoms with Crippen molar-refractivity contribution in [2.24, 2.45) is 17.8 Å². The summed E-state index contributed by atoms with van der Waals surface area (Å²) in [5, 5.41) is 47.6. The van der Waals surface area contributed by atoms with Gasteiger partial charge in [-0.2, -0.15) is 0 Å². The van der Waals surface area contributed by atoms with Gasteiger partial charge in [0, 0.05) is 18.4 Å². The molecule has 200 valence electrons. The number of ether oxygens (including phenoxy) is 2. The van der Waals surface area contributed by atoms with Gasteiger partial charge in [-0.15, -0.1) is 11.8 Å². The molecule has 0 unspecified atom stereocenters. The summed E-state index contributed by atoms with van der Waals surface area (Å²) < 4.78 is 12.2. The molecule has 0 aromatic carbocycles. The lowest BCUT2D eigenvalue weighted by molar-refractivity contribution is -0.205. The van der Waals surface area contributed by atoms with Crippen molar-refractivity contribution in [2.45, 2.75) is 99.2 Å². The average molecular weight is 515 g/mol. The van der Waals surface area contributed by atoms with E-state index in [2.05, 4.69) is 24.5 Å². The van der Waals surface area contributed by atoms with E-state index in [1.54, 1.807) is 0 Å². The number of fused-ring (bicyclic) bond motifs is 3. The molecular formula is C25H42N2O7S. The third-order valence-corrected chi connectivity index (χ3v) is 9.15. The Labute approximate surface area is 212 Å². The van der Waals surface area contributed by atoms with E-state index in [0.717, 1.165) is 19.4 Å². The van der Waals surface area contributed by atoms with Gasteiger partial charge < -0.3 is 40.5 Å². The highest BCUT2D eigenvalue weighted by molar-refractivity contribution is 8.00. The summed E-state index contributed by atoms with van der Waals surface area (Å²) in [6.07, 6.45) is 2.88. The Bertz CT molecular complexity index is 741. The summed E-state index contributed by atoms with van der Waals surface area (Å²) in [5.74, 6) is 1.32. The molecule has 0 spiro atoms. The number of carbonyl (C=O) groups excluding carboxylic acids is 1. The summed E-state index contributed by atoms with van der Waals surface area (Å²) in [5.41, 5.74) is -0.821. The lowest BCUT2D eigenvalue weighted by atomic mass is 9.85. The molecule has 11 atom stereocenters. The first kappa shape index (κ1) is 27.3. The number of hydrogen-bond acceptors (Lipinski definition) is 9. The summed E-state index contributed by atoms with van der Waals surface area (Å²) in [6.45, 7) is 5.76. The van der Waals surface area contributed by atoms with E-state index in [4.69, 9.17) is 9.47 Å². The zero-order valence-corrected chi connectivity index (χ0v) is 21.5. The van der Waals surface area contributed by atoms with Crippen LogP contribution in [0.2, 0.25) is 0 Å². The molecule has 9 nitrogen and oxygen atoms in total. The van der Waals surface area contributed by atoms with Gasteiger partial charge in [0.25, 0.3) is 0 Å². The first-order valence-corrected chi connectivity index (χ1v) is 14.0. The Hall–Kier alpha value is -0.720. The van der Waals surface area contributed by atoms with Crippen LogP contribution in [0.5, 0.6) is 0 Å². The molecule has 4 aliphatic rings. The predicted octanol–water partition coefficient (Wildman–Crippen LogP) is 0.152. The molecule has 6 N–H and O–H groups in total. The van der Waals surface area contributed by atoms with Crippen LogP contribution in [0, 0.1) is 17.8 Å². The smallest absolute Gasteiger partial charge is 0.240 e. The molecule has 10 heteroatoms. The van der Waals surface area contributed by atoms with E-state index < -0.39 is 41.9 Å². The van der Waals surface area contributed by atoms with E-state index in [1.165, 1.54) is 18.2 Å². The number of thioether (sulfide) groups is 1. The molecular weight excluding hydrogens is 472 g/mol. The highest BCUT2D eigenvalue weighted by atomic mass is 32.2. The minimum absolute atomic E-state index is 0.0982. The van der Waals surface area contributed by atoms with E-state index in [9.17, 15) is 25.2 Å². The van der Waals surface area contributed by atoms with Crippen molar-refractivity contribution in [3.8, 4) is 0 Å². The van der Waals surface area contributed by atoms with Crippen LogP contribution in [0.1, 0.15) is 46.0 Å². The van der Waals surface area contributed by atoms with Gasteiger partial charge in [0.15, 0.2) is 0 Å². The van der Waals surface area contributed by atoms with Gasteiger partial charge in [0.2, 0.25) is 5.91 Å². The van der Waals surface area contributed by atoms with Crippen molar-refractivity contribution in [1.29, 1.82) is 0 Å². The third kappa shape index (κ3) is 6.41. The first-order chi connectivity index (χ1) is 16.8. The molecule has 0 saturated carbocycles. The molecule has 3 fully saturated rings. The predicted molar refractivity (Wildman–Crippen MR) is 133 cm³/mol. The molecule has 0 aliphatic carbocycles. The second kappa shape index (κ2) is 12.2. The molecule has 0 aromatic rings. The fraction of sp³-hybridized carbons (Fsp3) is 0.880. The topological polar surface area (TPSA) is 141 Å². The molecule has 35 heavy (non-hydrogen) atoms. The minimum atomic E-state index is -1.41. The zero-order valence-electron chi connectivity index (χ0n) is 20.7. The van der Waals surface area contributed by atoms with Crippen LogP contribution in [0.4, 0.5) is 0 Å². The van der Waals surface area contributed by atoms with Gasteiger partial charge in [-0.25, -0.2) is 0 Å². The van der Waals surface area contributed by atoms with E-state index in [0.29, 0.717) is 31.3 Å². The van der Waals surface area contributed by atoms with Gasteiger partial charge >= 0.3 is 0 Å². The average Bonchev–Trinajstić information content (AvgIpc) is 3.11. The summed E-state index contributed by atoms with van der Waals surface area (Å²) in [7, 11) is 0. The van der Waals surface area contributed by atoms with Crippen LogP contribution in [-0.2, 0) is 14.3 Å². The first-order valence-electron chi connectivity index (χ1n) is 13.0. The van der Waals surface area contributed by atoms with Gasteiger partial charge in [0.05, 0.1) is 18.8 Å². The van der Waals surface area contributed by atoms with Crippen LogP contribution in [-0.4, -0.2) is 99.4 Å².